The monoisotopic (exact) mass is 459 g/mol. The van der Waals surface area contributed by atoms with Crippen molar-refractivity contribution < 1.29 is 22.0 Å². The van der Waals surface area contributed by atoms with E-state index in [1.54, 1.807) is 18.5 Å². The van der Waals surface area contributed by atoms with Gasteiger partial charge in [0.25, 0.3) is 10.0 Å². The maximum absolute atomic E-state index is 13.7. The molecule has 3 unspecified atom stereocenters. The number of halogens is 1. The molecule has 32 heavy (non-hydrogen) atoms. The van der Waals surface area contributed by atoms with Crippen molar-refractivity contribution in [1.29, 1.82) is 0 Å². The van der Waals surface area contributed by atoms with Crippen molar-refractivity contribution in [2.75, 3.05) is 27.2 Å². The number of likely N-dealkylation sites (N-methyl/N-ethyl adjacent to an activating group) is 2. The van der Waals surface area contributed by atoms with Crippen LogP contribution in [0.1, 0.15) is 22.6 Å². The Hall–Kier alpha value is -2.59. The van der Waals surface area contributed by atoms with Crippen LogP contribution in [-0.2, 0) is 22.9 Å². The number of fused-ring (bicyclic) bond motifs is 1. The van der Waals surface area contributed by atoms with Crippen LogP contribution in [0.3, 0.4) is 0 Å². The summed E-state index contributed by atoms with van der Waals surface area (Å²) in [6.45, 7) is 0.880. The maximum Gasteiger partial charge on any atom is 0.261 e. The molecule has 0 saturated carbocycles. The van der Waals surface area contributed by atoms with E-state index in [4.69, 9.17) is 9.88 Å². The number of quaternary nitrogens is 1. The van der Waals surface area contributed by atoms with E-state index < -0.39 is 10.0 Å². The minimum absolute atomic E-state index is 0.129. The molecule has 2 aromatic rings. The molecular formula is C23H28FN4O3S+. The number of aliphatic imine (C=N–C) groups is 1. The van der Waals surface area contributed by atoms with E-state index in [1.165, 1.54) is 23.4 Å². The molecule has 0 aromatic heterocycles. The second kappa shape index (κ2) is 8.74. The van der Waals surface area contributed by atoms with Gasteiger partial charge in [0, 0.05) is 12.0 Å². The second-order valence-electron chi connectivity index (χ2n) is 8.58. The molecule has 170 valence electrons. The van der Waals surface area contributed by atoms with E-state index in [1.807, 2.05) is 26.2 Å². The Kier molecular flexibility index (Phi) is 6.17. The third-order valence-electron chi connectivity index (χ3n) is 6.15. The number of nitrogens with one attached hydrogen (secondary N) is 1. The molecule has 1 aliphatic heterocycles. The Labute approximate surface area is 188 Å². The van der Waals surface area contributed by atoms with Gasteiger partial charge in [-0.25, -0.2) is 17.9 Å². The van der Waals surface area contributed by atoms with Crippen molar-refractivity contribution in [1.82, 2.24) is 5.32 Å². The van der Waals surface area contributed by atoms with Crippen molar-refractivity contribution in [2.24, 2.45) is 10.1 Å². The van der Waals surface area contributed by atoms with E-state index in [9.17, 15) is 12.8 Å². The van der Waals surface area contributed by atoms with Crippen LogP contribution in [0.4, 0.5) is 4.39 Å². The molecule has 9 heteroatoms. The van der Waals surface area contributed by atoms with E-state index in [0.29, 0.717) is 13.2 Å². The van der Waals surface area contributed by atoms with Gasteiger partial charge in [-0.15, -0.1) is 0 Å². The van der Waals surface area contributed by atoms with Crippen LogP contribution in [0.15, 0.2) is 58.7 Å². The van der Waals surface area contributed by atoms with Crippen LogP contribution in [-0.4, -0.2) is 52.5 Å². The Bertz CT molecular complexity index is 1180. The number of nitrogens with two attached hydrogens (primary N) is 1. The standard InChI is InChI=1S/C23H28FN4O3S/c1-26-22-12-17-6-7-19(13-20(17)21(22)11-16-4-3-5-18(24)10-16)31-9-8-28(2)14-23(27-15-28)32(25,29)30/h3-7,10,13-15,21-22,26H,8-9,11-12H2,1-2H3,(H2,25,29,30)/q+1. The van der Waals surface area contributed by atoms with Crippen LogP contribution < -0.4 is 15.2 Å². The highest BCUT2D eigenvalue weighted by Crippen LogP contribution is 2.38. The molecular weight excluding hydrogens is 431 g/mol. The third-order valence-corrected chi connectivity index (χ3v) is 6.94. The number of rotatable bonds is 8. The SMILES string of the molecule is CNC1Cc2ccc(OCC[N+]3(C)C=NC(S(N)(=O)=O)=C3)cc2C1Cc1cccc(F)c1. The molecule has 0 fully saturated rings. The van der Waals surface area contributed by atoms with Gasteiger partial charge in [-0.1, -0.05) is 18.2 Å². The first-order valence-corrected chi connectivity index (χ1v) is 12.0. The molecule has 2 aliphatic rings. The van der Waals surface area contributed by atoms with Crippen LogP contribution in [0.5, 0.6) is 5.75 Å². The lowest BCUT2D eigenvalue weighted by Gasteiger charge is -2.22. The van der Waals surface area contributed by atoms with Crippen LogP contribution in [0.2, 0.25) is 0 Å². The zero-order chi connectivity index (χ0) is 22.9. The first kappa shape index (κ1) is 22.6. The first-order valence-electron chi connectivity index (χ1n) is 10.5. The molecule has 1 aliphatic carbocycles. The summed E-state index contributed by atoms with van der Waals surface area (Å²) in [5, 5.41) is 8.43. The van der Waals surface area contributed by atoms with Gasteiger partial charge >= 0.3 is 0 Å². The quantitative estimate of drug-likeness (QED) is 0.592. The fourth-order valence-electron chi connectivity index (χ4n) is 4.40. The number of benzene rings is 2. The number of nitrogens with zero attached hydrogens (tertiary/aromatic N) is 2. The van der Waals surface area contributed by atoms with E-state index in [-0.39, 0.29) is 27.3 Å². The van der Waals surface area contributed by atoms with E-state index in [0.717, 1.165) is 24.2 Å². The summed E-state index contributed by atoms with van der Waals surface area (Å²) in [4.78, 5) is 3.91. The Balaban J connectivity index is 1.45. The molecule has 0 bridgehead atoms. The van der Waals surface area contributed by atoms with Gasteiger partial charge < -0.3 is 10.1 Å². The normalized spacial score (nSPS) is 24.4. The second-order valence-corrected chi connectivity index (χ2v) is 10.1. The minimum Gasteiger partial charge on any atom is -0.488 e. The Morgan fingerprint density at radius 1 is 1.28 bits per heavy atom. The number of primary sulfonamides is 1. The van der Waals surface area contributed by atoms with Crippen LogP contribution in [0.25, 0.3) is 0 Å². The molecule has 0 saturated heterocycles. The molecule has 0 radical (unpaired) electrons. The average Bonchev–Trinajstić information content (AvgIpc) is 3.29. The Morgan fingerprint density at radius 3 is 2.78 bits per heavy atom. The maximum atomic E-state index is 13.7. The lowest BCUT2D eigenvalue weighted by atomic mass is 9.91. The summed E-state index contributed by atoms with van der Waals surface area (Å²) >= 11 is 0. The van der Waals surface area contributed by atoms with Gasteiger partial charge in [0.15, 0.2) is 6.34 Å². The van der Waals surface area contributed by atoms with Crippen LogP contribution in [0, 0.1) is 5.82 Å². The predicted molar refractivity (Wildman–Crippen MR) is 122 cm³/mol. The number of hydrogen-bond acceptors (Lipinski definition) is 5. The molecule has 0 amide bonds. The minimum atomic E-state index is -3.82. The summed E-state index contributed by atoms with van der Waals surface area (Å²) in [6.07, 6.45) is 4.71. The highest BCUT2D eigenvalue weighted by atomic mass is 32.2. The zero-order valence-corrected chi connectivity index (χ0v) is 19.0. The third kappa shape index (κ3) is 4.91. The van der Waals surface area contributed by atoms with Crippen molar-refractivity contribution in [3.63, 3.8) is 0 Å². The fourth-order valence-corrected chi connectivity index (χ4v) is 4.98. The summed E-state index contributed by atoms with van der Waals surface area (Å²) in [6, 6.07) is 13.1. The van der Waals surface area contributed by atoms with E-state index >= 15 is 0 Å². The zero-order valence-electron chi connectivity index (χ0n) is 18.2. The molecule has 2 aromatic carbocycles. The van der Waals surface area contributed by atoms with E-state index in [2.05, 4.69) is 22.4 Å². The van der Waals surface area contributed by atoms with Crippen molar-refractivity contribution >= 4 is 16.4 Å². The molecule has 3 N–H and O–H groups in total. The Morgan fingerprint density at radius 2 is 2.09 bits per heavy atom. The summed E-state index contributed by atoms with van der Waals surface area (Å²) in [5.74, 6) is 0.750. The summed E-state index contributed by atoms with van der Waals surface area (Å²) in [7, 11) is -0.0332. The predicted octanol–water partition coefficient (Wildman–Crippen LogP) is 2.25. The van der Waals surface area contributed by atoms with Gasteiger partial charge in [0.05, 0.1) is 7.05 Å². The molecule has 3 atom stereocenters. The average molecular weight is 460 g/mol. The molecule has 1 heterocycles. The lowest BCUT2D eigenvalue weighted by molar-refractivity contribution is -0.756. The van der Waals surface area contributed by atoms with Gasteiger partial charge in [0.2, 0.25) is 5.03 Å². The first-order chi connectivity index (χ1) is 15.2. The van der Waals surface area contributed by atoms with Gasteiger partial charge in [-0.05, 0) is 60.8 Å². The van der Waals surface area contributed by atoms with Crippen molar-refractivity contribution in [3.05, 3.63) is 76.2 Å². The van der Waals surface area contributed by atoms with Crippen molar-refractivity contribution in [2.45, 2.75) is 24.8 Å². The van der Waals surface area contributed by atoms with Gasteiger partial charge in [-0.2, -0.15) is 4.99 Å². The largest absolute Gasteiger partial charge is 0.488 e. The number of sulfonamides is 1. The smallest absolute Gasteiger partial charge is 0.261 e. The highest BCUT2D eigenvalue weighted by molar-refractivity contribution is 7.93. The molecule has 7 nitrogen and oxygen atoms in total. The summed E-state index contributed by atoms with van der Waals surface area (Å²) < 4.78 is 42.8. The topological polar surface area (TPSA) is 93.8 Å². The van der Waals surface area contributed by atoms with Crippen molar-refractivity contribution in [3.8, 4) is 5.75 Å². The fraction of sp³-hybridized carbons (Fsp3) is 0.348. The number of hydrogen-bond donors (Lipinski definition) is 2. The molecule has 4 rings (SSSR count). The number of ether oxygens (including phenoxy) is 1. The molecule has 0 spiro atoms. The highest BCUT2D eigenvalue weighted by Gasteiger charge is 2.32. The lowest BCUT2D eigenvalue weighted by Crippen LogP contribution is -2.38. The van der Waals surface area contributed by atoms with Crippen LogP contribution >= 0.6 is 0 Å². The van der Waals surface area contributed by atoms with Gasteiger partial charge in [-0.3, -0.25) is 4.48 Å². The van der Waals surface area contributed by atoms with Gasteiger partial charge in [0.1, 0.15) is 30.9 Å². The summed E-state index contributed by atoms with van der Waals surface area (Å²) in [5.41, 5.74) is 3.45.